The fraction of sp³-hybridized carbons (Fsp3) is 0.538. The largest absolute Gasteiger partial charge is 0.500 e. The number of nitrogens with zero attached hydrogens (tertiary/aromatic N) is 2. The van der Waals surface area contributed by atoms with E-state index >= 15 is 0 Å². The van der Waals surface area contributed by atoms with Gasteiger partial charge in [-0.05, 0) is 19.3 Å². The first-order valence-electron chi connectivity index (χ1n) is 6.37. The van der Waals surface area contributed by atoms with Crippen LogP contribution in [0.5, 0.6) is 0 Å². The molecule has 2 aliphatic rings. The number of ether oxygens (including phenoxy) is 1. The van der Waals surface area contributed by atoms with Crippen LogP contribution < -0.4 is 0 Å². The molecule has 0 aromatic carbocycles. The van der Waals surface area contributed by atoms with E-state index in [2.05, 4.69) is 4.98 Å². The lowest BCUT2D eigenvalue weighted by atomic mass is 10.0. The first-order valence-corrected chi connectivity index (χ1v) is 7.25. The van der Waals surface area contributed by atoms with Crippen LogP contribution in [0.3, 0.4) is 0 Å². The topological polar surface area (TPSA) is 42.4 Å². The molecular formula is C13H16N2O2S. The quantitative estimate of drug-likeness (QED) is 0.824. The molecule has 3 rings (SSSR count). The van der Waals surface area contributed by atoms with Crippen LogP contribution in [0.4, 0.5) is 0 Å². The summed E-state index contributed by atoms with van der Waals surface area (Å²) in [4.78, 5) is 18.8. The van der Waals surface area contributed by atoms with Crippen LogP contribution in [0.1, 0.15) is 36.7 Å². The van der Waals surface area contributed by atoms with Crippen molar-refractivity contribution in [3.63, 3.8) is 0 Å². The molecule has 0 spiro atoms. The molecule has 0 unspecified atom stereocenters. The summed E-state index contributed by atoms with van der Waals surface area (Å²) in [5, 5.41) is 3.03. The summed E-state index contributed by atoms with van der Waals surface area (Å²) in [5.74, 6) is 0.132. The summed E-state index contributed by atoms with van der Waals surface area (Å²) < 4.78 is 5.17. The molecule has 5 heteroatoms. The average molecular weight is 264 g/mol. The zero-order valence-electron chi connectivity index (χ0n) is 10.2. The normalized spacial score (nSPS) is 23.7. The van der Waals surface area contributed by atoms with Gasteiger partial charge in [-0.3, -0.25) is 4.79 Å². The average Bonchev–Trinajstić information content (AvgIpc) is 3.11. The van der Waals surface area contributed by atoms with E-state index in [4.69, 9.17) is 4.74 Å². The number of carbonyl (C=O) groups excluding carboxylic acids is 1. The van der Waals surface area contributed by atoms with Gasteiger partial charge >= 0.3 is 0 Å². The fourth-order valence-corrected chi connectivity index (χ4v) is 3.34. The predicted molar refractivity (Wildman–Crippen MR) is 69.1 cm³/mol. The molecule has 1 atom stereocenters. The number of hydrogen-bond acceptors (Lipinski definition) is 4. The Hall–Kier alpha value is -1.36. The summed E-state index contributed by atoms with van der Waals surface area (Å²) >= 11 is 1.64. The molecule has 1 aromatic rings. The van der Waals surface area contributed by atoms with E-state index in [9.17, 15) is 4.79 Å². The van der Waals surface area contributed by atoms with Crippen LogP contribution in [0, 0.1) is 0 Å². The second kappa shape index (κ2) is 5.10. The summed E-state index contributed by atoms with van der Waals surface area (Å²) in [6.45, 7) is 1.47. The second-order valence-electron chi connectivity index (χ2n) is 4.64. The number of piperidine rings is 1. The van der Waals surface area contributed by atoms with Gasteiger partial charge in [0.05, 0.1) is 24.5 Å². The highest BCUT2D eigenvalue weighted by Gasteiger charge is 2.31. The Balaban J connectivity index is 1.81. The number of rotatable bonds is 2. The Labute approximate surface area is 110 Å². The maximum atomic E-state index is 12.5. The lowest BCUT2D eigenvalue weighted by Gasteiger charge is -2.34. The van der Waals surface area contributed by atoms with Crippen LogP contribution in [0.25, 0.3) is 0 Å². The molecule has 2 aliphatic heterocycles. The molecule has 0 aliphatic carbocycles. The van der Waals surface area contributed by atoms with Crippen LogP contribution in [0.2, 0.25) is 0 Å². The molecule has 1 aromatic heterocycles. The first kappa shape index (κ1) is 11.7. The molecule has 18 heavy (non-hydrogen) atoms. The van der Waals surface area contributed by atoms with E-state index in [1.807, 2.05) is 16.5 Å². The van der Waals surface area contributed by atoms with Crippen LogP contribution in [-0.2, 0) is 9.53 Å². The van der Waals surface area contributed by atoms with E-state index < -0.39 is 0 Å². The SMILES string of the molecule is O=C(C1=COCC1)N1CCCC[C@H]1c1nccs1. The number of thiazole rings is 1. The van der Waals surface area contributed by atoms with Gasteiger partial charge in [0.25, 0.3) is 5.91 Å². The Morgan fingerprint density at radius 2 is 2.44 bits per heavy atom. The van der Waals surface area contributed by atoms with Crippen LogP contribution in [-0.4, -0.2) is 28.9 Å². The van der Waals surface area contributed by atoms with E-state index in [1.165, 1.54) is 6.42 Å². The Morgan fingerprint density at radius 1 is 1.50 bits per heavy atom. The van der Waals surface area contributed by atoms with E-state index in [0.717, 1.165) is 36.4 Å². The Kier molecular flexibility index (Phi) is 3.32. The smallest absolute Gasteiger partial charge is 0.253 e. The summed E-state index contributed by atoms with van der Waals surface area (Å²) in [7, 11) is 0. The highest BCUT2D eigenvalue weighted by molar-refractivity contribution is 7.09. The maximum Gasteiger partial charge on any atom is 0.253 e. The fourth-order valence-electron chi connectivity index (χ4n) is 2.56. The number of aromatic nitrogens is 1. The van der Waals surface area contributed by atoms with E-state index in [0.29, 0.717) is 6.61 Å². The number of hydrogen-bond donors (Lipinski definition) is 0. The maximum absolute atomic E-state index is 12.5. The molecular weight excluding hydrogens is 248 g/mol. The third-order valence-electron chi connectivity index (χ3n) is 3.49. The van der Waals surface area contributed by atoms with Gasteiger partial charge in [-0.15, -0.1) is 11.3 Å². The van der Waals surface area contributed by atoms with Crippen molar-refractivity contribution in [2.45, 2.75) is 31.7 Å². The summed E-state index contributed by atoms with van der Waals surface area (Å²) in [6.07, 6.45) is 7.45. The van der Waals surface area contributed by atoms with Crippen molar-refractivity contribution in [1.82, 2.24) is 9.88 Å². The Morgan fingerprint density at radius 3 is 3.17 bits per heavy atom. The van der Waals surface area contributed by atoms with Crippen molar-refractivity contribution in [3.8, 4) is 0 Å². The van der Waals surface area contributed by atoms with Crippen molar-refractivity contribution in [1.29, 1.82) is 0 Å². The minimum Gasteiger partial charge on any atom is -0.500 e. The highest BCUT2D eigenvalue weighted by atomic mass is 32.1. The van der Waals surface area contributed by atoms with Crippen molar-refractivity contribution in [2.75, 3.05) is 13.2 Å². The molecule has 1 saturated heterocycles. The van der Waals surface area contributed by atoms with Gasteiger partial charge in [0, 0.05) is 24.5 Å². The van der Waals surface area contributed by atoms with Crippen molar-refractivity contribution in [2.24, 2.45) is 0 Å². The molecule has 96 valence electrons. The van der Waals surface area contributed by atoms with Crippen LogP contribution in [0.15, 0.2) is 23.4 Å². The zero-order valence-corrected chi connectivity index (χ0v) is 11.0. The van der Waals surface area contributed by atoms with E-state index in [1.54, 1.807) is 17.6 Å². The van der Waals surface area contributed by atoms with Crippen molar-refractivity contribution in [3.05, 3.63) is 28.4 Å². The Bertz CT molecular complexity index is 456. The molecule has 0 bridgehead atoms. The van der Waals surface area contributed by atoms with Gasteiger partial charge in [0.15, 0.2) is 0 Å². The van der Waals surface area contributed by atoms with Crippen molar-refractivity contribution < 1.29 is 9.53 Å². The second-order valence-corrected chi connectivity index (χ2v) is 5.57. The zero-order chi connectivity index (χ0) is 12.4. The van der Waals surface area contributed by atoms with Gasteiger partial charge in [-0.25, -0.2) is 4.98 Å². The third-order valence-corrected chi connectivity index (χ3v) is 4.37. The van der Waals surface area contributed by atoms with Crippen molar-refractivity contribution >= 4 is 17.2 Å². The predicted octanol–water partition coefficient (Wildman–Crippen LogP) is 2.50. The number of carbonyl (C=O) groups is 1. The summed E-state index contributed by atoms with van der Waals surface area (Å²) in [5.41, 5.74) is 0.804. The minimum atomic E-state index is 0.132. The standard InChI is InChI=1S/C13H16N2O2S/c16-13(10-4-7-17-9-10)15-6-2-1-3-11(15)12-14-5-8-18-12/h5,8-9,11H,1-4,6-7H2/t11-/m0/s1. The number of likely N-dealkylation sites (tertiary alicyclic amines) is 1. The molecule has 4 nitrogen and oxygen atoms in total. The van der Waals surface area contributed by atoms with Gasteiger partial charge < -0.3 is 9.64 Å². The summed E-state index contributed by atoms with van der Waals surface area (Å²) in [6, 6.07) is 0.160. The number of amides is 1. The molecule has 0 radical (unpaired) electrons. The molecule has 0 saturated carbocycles. The van der Waals surface area contributed by atoms with E-state index in [-0.39, 0.29) is 11.9 Å². The van der Waals surface area contributed by atoms with Crippen LogP contribution >= 0.6 is 11.3 Å². The third kappa shape index (κ3) is 2.14. The minimum absolute atomic E-state index is 0.132. The molecule has 3 heterocycles. The monoisotopic (exact) mass is 264 g/mol. The molecule has 0 N–H and O–H groups in total. The van der Waals surface area contributed by atoms with Gasteiger partial charge in [-0.2, -0.15) is 0 Å². The molecule has 1 amide bonds. The molecule has 1 fully saturated rings. The van der Waals surface area contributed by atoms with Gasteiger partial charge in [-0.1, -0.05) is 0 Å². The van der Waals surface area contributed by atoms with Gasteiger partial charge in [0.1, 0.15) is 5.01 Å². The lowest BCUT2D eigenvalue weighted by molar-refractivity contribution is -0.131. The first-order chi connectivity index (χ1) is 8.86. The highest BCUT2D eigenvalue weighted by Crippen LogP contribution is 2.33. The van der Waals surface area contributed by atoms with Gasteiger partial charge in [0.2, 0.25) is 0 Å². The lowest BCUT2D eigenvalue weighted by Crippen LogP contribution is -2.39.